The Kier molecular flexibility index (Phi) is 5.55. The van der Waals surface area contributed by atoms with Gasteiger partial charge in [0.1, 0.15) is 5.76 Å². The van der Waals surface area contributed by atoms with Crippen LogP contribution in [0.4, 0.5) is 0 Å². The molecule has 2 aliphatic rings. The van der Waals surface area contributed by atoms with Crippen LogP contribution in [-0.4, -0.2) is 20.9 Å². The molecule has 0 spiro atoms. The van der Waals surface area contributed by atoms with E-state index in [0.717, 1.165) is 61.8 Å². The zero-order valence-corrected chi connectivity index (χ0v) is 16.7. The molecular formula is C21H26N2O4S. The lowest BCUT2D eigenvalue weighted by molar-refractivity contribution is -0.121. The zero-order valence-electron chi connectivity index (χ0n) is 15.9. The Balaban J connectivity index is 1.31. The Morgan fingerprint density at radius 1 is 1.07 bits per heavy atom. The van der Waals surface area contributed by atoms with Gasteiger partial charge in [0, 0.05) is 24.9 Å². The molecule has 1 aromatic carbocycles. The Bertz CT molecular complexity index is 965. The van der Waals surface area contributed by atoms with Gasteiger partial charge in [-0.1, -0.05) is 6.07 Å². The second-order valence-electron chi connectivity index (χ2n) is 7.60. The predicted molar refractivity (Wildman–Crippen MR) is 105 cm³/mol. The Hall–Kier alpha value is -2.12. The van der Waals surface area contributed by atoms with Crippen LogP contribution in [0.3, 0.4) is 0 Å². The summed E-state index contributed by atoms with van der Waals surface area (Å²) in [6, 6.07) is 7.21. The highest BCUT2D eigenvalue weighted by Gasteiger charge is 2.24. The smallest absolute Gasteiger partial charge is 0.240 e. The first-order valence-corrected chi connectivity index (χ1v) is 11.5. The van der Waals surface area contributed by atoms with E-state index < -0.39 is 10.0 Å². The minimum Gasteiger partial charge on any atom is -0.469 e. The molecule has 150 valence electrons. The number of hydrogen-bond donors (Lipinski definition) is 2. The Morgan fingerprint density at radius 2 is 1.89 bits per heavy atom. The molecule has 2 aliphatic carbocycles. The summed E-state index contributed by atoms with van der Waals surface area (Å²) >= 11 is 0. The number of benzene rings is 1. The second-order valence-corrected chi connectivity index (χ2v) is 9.36. The largest absolute Gasteiger partial charge is 0.469 e. The third-order valence-electron chi connectivity index (χ3n) is 5.66. The summed E-state index contributed by atoms with van der Waals surface area (Å²) in [5, 5.41) is 2.99. The van der Waals surface area contributed by atoms with Crippen LogP contribution < -0.4 is 10.0 Å². The molecule has 4 rings (SSSR count). The number of hydrogen-bond acceptors (Lipinski definition) is 4. The topological polar surface area (TPSA) is 88.4 Å². The van der Waals surface area contributed by atoms with Crippen molar-refractivity contribution in [3.8, 4) is 0 Å². The van der Waals surface area contributed by atoms with Crippen molar-refractivity contribution >= 4 is 15.9 Å². The summed E-state index contributed by atoms with van der Waals surface area (Å²) in [6.07, 6.45) is 8.71. The molecule has 1 unspecified atom stereocenters. The quantitative estimate of drug-likeness (QED) is 0.777. The zero-order chi connectivity index (χ0) is 19.6. The van der Waals surface area contributed by atoms with Crippen LogP contribution in [0.2, 0.25) is 0 Å². The highest BCUT2D eigenvalue weighted by Crippen LogP contribution is 2.30. The molecule has 1 atom stereocenters. The van der Waals surface area contributed by atoms with Crippen LogP contribution in [0.25, 0.3) is 0 Å². The van der Waals surface area contributed by atoms with E-state index in [0.29, 0.717) is 0 Å². The lowest BCUT2D eigenvalue weighted by Gasteiger charge is -2.22. The fraction of sp³-hybridized carbons (Fsp3) is 0.476. The number of furan rings is 1. The molecule has 0 bridgehead atoms. The van der Waals surface area contributed by atoms with Crippen molar-refractivity contribution in [2.24, 2.45) is 0 Å². The van der Waals surface area contributed by atoms with Crippen LogP contribution in [0.5, 0.6) is 0 Å². The summed E-state index contributed by atoms with van der Waals surface area (Å²) in [5.74, 6) is 0.775. The average Bonchev–Trinajstić information content (AvgIpc) is 3.17. The molecule has 7 heteroatoms. The number of aryl methyl sites for hydroxylation is 3. The number of sulfonamides is 1. The van der Waals surface area contributed by atoms with Gasteiger partial charge >= 0.3 is 0 Å². The summed E-state index contributed by atoms with van der Waals surface area (Å²) in [6.45, 7) is 0.0796. The van der Waals surface area contributed by atoms with Gasteiger partial charge in [0.05, 0.1) is 17.2 Å². The van der Waals surface area contributed by atoms with E-state index in [9.17, 15) is 13.2 Å². The molecule has 0 aliphatic heterocycles. The van der Waals surface area contributed by atoms with Crippen LogP contribution in [-0.2, 0) is 34.1 Å². The average molecular weight is 403 g/mol. The van der Waals surface area contributed by atoms with Crippen molar-refractivity contribution in [3.05, 3.63) is 53.0 Å². The number of carbonyl (C=O) groups excluding carboxylic acids is 1. The predicted octanol–water partition coefficient (Wildman–Crippen LogP) is 3.02. The van der Waals surface area contributed by atoms with Crippen molar-refractivity contribution in [2.75, 3.05) is 6.54 Å². The molecule has 0 fully saturated rings. The number of carbonyl (C=O) groups is 1. The van der Waals surface area contributed by atoms with Gasteiger partial charge in [-0.3, -0.25) is 4.79 Å². The van der Waals surface area contributed by atoms with Gasteiger partial charge in [-0.15, -0.1) is 0 Å². The number of amides is 1. The molecule has 1 aromatic heterocycles. The maximum absolute atomic E-state index is 12.6. The maximum Gasteiger partial charge on any atom is 0.240 e. The van der Waals surface area contributed by atoms with E-state index >= 15 is 0 Å². The number of fused-ring (bicyclic) bond motifs is 2. The first-order valence-electron chi connectivity index (χ1n) is 10.00. The standard InChI is InChI=1S/C21H26N2O4S/c24-21(23-19-6-3-7-20-18(19)11-13-27-20)10-12-22-28(25,26)17-9-8-15-4-1-2-5-16(15)14-17/h8-9,11,13-14,19,22H,1-7,10,12H2,(H,23,24). The van der Waals surface area contributed by atoms with Gasteiger partial charge in [0.15, 0.2) is 0 Å². The number of nitrogens with one attached hydrogen (secondary N) is 2. The normalized spacial score (nSPS) is 18.9. The first-order chi connectivity index (χ1) is 13.5. The van der Waals surface area contributed by atoms with E-state index in [-0.39, 0.29) is 29.8 Å². The molecule has 1 amide bonds. The minimum absolute atomic E-state index is 0.0488. The number of rotatable bonds is 6. The minimum atomic E-state index is -3.61. The van der Waals surface area contributed by atoms with Crippen LogP contribution in [0.15, 0.2) is 39.8 Å². The van der Waals surface area contributed by atoms with Gasteiger partial charge in [-0.25, -0.2) is 13.1 Å². The van der Waals surface area contributed by atoms with Crippen LogP contribution >= 0.6 is 0 Å². The molecule has 1 heterocycles. The molecule has 0 saturated carbocycles. The Morgan fingerprint density at radius 3 is 2.75 bits per heavy atom. The molecule has 0 saturated heterocycles. The van der Waals surface area contributed by atoms with Crippen LogP contribution in [0, 0.1) is 0 Å². The van der Waals surface area contributed by atoms with Crippen molar-refractivity contribution in [1.29, 1.82) is 0 Å². The van der Waals surface area contributed by atoms with E-state index in [1.807, 2.05) is 12.1 Å². The molecule has 2 N–H and O–H groups in total. The lowest BCUT2D eigenvalue weighted by atomic mass is 9.92. The van der Waals surface area contributed by atoms with E-state index in [2.05, 4.69) is 10.0 Å². The van der Waals surface area contributed by atoms with Crippen molar-refractivity contribution in [3.63, 3.8) is 0 Å². The van der Waals surface area contributed by atoms with E-state index in [1.54, 1.807) is 18.4 Å². The van der Waals surface area contributed by atoms with Crippen LogP contribution in [0.1, 0.15) is 60.6 Å². The monoisotopic (exact) mass is 402 g/mol. The summed E-state index contributed by atoms with van der Waals surface area (Å²) in [5.41, 5.74) is 3.41. The molecule has 28 heavy (non-hydrogen) atoms. The second kappa shape index (κ2) is 8.09. The molecule has 0 radical (unpaired) electrons. The first kappa shape index (κ1) is 19.2. The van der Waals surface area contributed by atoms with Gasteiger partial charge in [0.2, 0.25) is 15.9 Å². The highest BCUT2D eigenvalue weighted by molar-refractivity contribution is 7.89. The summed E-state index contributed by atoms with van der Waals surface area (Å²) in [7, 11) is -3.61. The van der Waals surface area contributed by atoms with Crippen molar-refractivity contribution in [2.45, 2.75) is 62.3 Å². The molecule has 2 aromatic rings. The van der Waals surface area contributed by atoms with Crippen molar-refractivity contribution in [1.82, 2.24) is 10.0 Å². The molecular weight excluding hydrogens is 376 g/mol. The van der Waals surface area contributed by atoms with E-state index in [1.165, 1.54) is 5.56 Å². The Labute approximate surface area is 165 Å². The fourth-order valence-corrected chi connectivity index (χ4v) is 5.24. The van der Waals surface area contributed by atoms with Crippen molar-refractivity contribution < 1.29 is 17.6 Å². The third-order valence-corrected chi connectivity index (χ3v) is 7.12. The van der Waals surface area contributed by atoms with Gasteiger partial charge in [-0.2, -0.15) is 0 Å². The highest BCUT2D eigenvalue weighted by atomic mass is 32.2. The van der Waals surface area contributed by atoms with E-state index in [4.69, 9.17) is 4.42 Å². The van der Waals surface area contributed by atoms with Gasteiger partial charge < -0.3 is 9.73 Å². The summed E-state index contributed by atoms with van der Waals surface area (Å²) in [4.78, 5) is 12.6. The maximum atomic E-state index is 12.6. The third kappa shape index (κ3) is 4.15. The SMILES string of the molecule is O=C(CCNS(=O)(=O)c1ccc2c(c1)CCCC2)NC1CCCc2occc21. The van der Waals surface area contributed by atoms with Gasteiger partial charge in [-0.05, 0) is 67.9 Å². The summed E-state index contributed by atoms with van der Waals surface area (Å²) < 4.78 is 33.1. The molecule has 6 nitrogen and oxygen atoms in total. The lowest BCUT2D eigenvalue weighted by Crippen LogP contribution is -2.34. The fourth-order valence-electron chi connectivity index (χ4n) is 4.16. The van der Waals surface area contributed by atoms with Gasteiger partial charge in [0.25, 0.3) is 0 Å².